The third kappa shape index (κ3) is 5.38. The lowest BCUT2D eigenvalue weighted by molar-refractivity contribution is -0.142. The van der Waals surface area contributed by atoms with Crippen molar-refractivity contribution in [2.24, 2.45) is 0 Å². The number of carbonyl (C=O) groups is 3. The zero-order valence-corrected chi connectivity index (χ0v) is 10.9. The van der Waals surface area contributed by atoms with Crippen LogP contribution in [0.2, 0.25) is 0 Å². The molecule has 1 aromatic carbocycles. The summed E-state index contributed by atoms with van der Waals surface area (Å²) < 4.78 is 9.30. The largest absolute Gasteiger partial charge is 0.480 e. The molecule has 0 aliphatic heterocycles. The quantitative estimate of drug-likeness (QED) is 0.759. The van der Waals surface area contributed by atoms with Crippen LogP contribution in [0.3, 0.4) is 0 Å². The van der Waals surface area contributed by atoms with E-state index in [0.29, 0.717) is 5.75 Å². The van der Waals surface area contributed by atoms with Crippen LogP contribution in [0.15, 0.2) is 30.3 Å². The van der Waals surface area contributed by atoms with E-state index in [-0.39, 0.29) is 12.8 Å². The number of rotatable bonds is 6. The van der Waals surface area contributed by atoms with E-state index in [9.17, 15) is 14.4 Å². The minimum absolute atomic E-state index is 0.0775. The summed E-state index contributed by atoms with van der Waals surface area (Å²) in [5.41, 5.74) is 0. The van der Waals surface area contributed by atoms with Gasteiger partial charge >= 0.3 is 18.0 Å². The molecule has 0 spiro atoms. The standard InChI is InChI=1S/C13H15NO6/c1-19-11(15)8-7-10(12(16)17)14-13(18)20-9-5-3-2-4-6-9/h2-6,10H,7-8H2,1H3,(H,14,18)(H,16,17)/t10-/m1/s1. The molecule has 0 aliphatic rings. The predicted octanol–water partition coefficient (Wildman–Crippen LogP) is 1.18. The summed E-state index contributed by atoms with van der Waals surface area (Å²) in [6.07, 6.45) is -1.08. The fourth-order valence-electron chi connectivity index (χ4n) is 1.39. The number of methoxy groups -OCH3 is 1. The van der Waals surface area contributed by atoms with Gasteiger partial charge in [-0.2, -0.15) is 0 Å². The molecular weight excluding hydrogens is 266 g/mol. The summed E-state index contributed by atoms with van der Waals surface area (Å²) >= 11 is 0. The number of carbonyl (C=O) groups excluding carboxylic acids is 2. The molecule has 0 unspecified atom stereocenters. The van der Waals surface area contributed by atoms with Gasteiger partial charge in [-0.05, 0) is 18.6 Å². The van der Waals surface area contributed by atoms with Crippen molar-refractivity contribution in [1.29, 1.82) is 0 Å². The number of carboxylic acid groups (broad SMARTS) is 1. The second kappa shape index (κ2) is 7.78. The summed E-state index contributed by atoms with van der Waals surface area (Å²) in [7, 11) is 1.20. The van der Waals surface area contributed by atoms with E-state index in [1.54, 1.807) is 30.3 Å². The van der Waals surface area contributed by atoms with E-state index in [1.165, 1.54) is 7.11 Å². The summed E-state index contributed by atoms with van der Waals surface area (Å²) in [4.78, 5) is 33.5. The maximum atomic E-state index is 11.5. The predicted molar refractivity (Wildman–Crippen MR) is 68.3 cm³/mol. The first kappa shape index (κ1) is 15.5. The van der Waals surface area contributed by atoms with E-state index in [2.05, 4.69) is 10.1 Å². The fourth-order valence-corrected chi connectivity index (χ4v) is 1.39. The number of benzene rings is 1. The number of amides is 1. The molecule has 1 rings (SSSR count). The van der Waals surface area contributed by atoms with Crippen LogP contribution in [0, 0.1) is 0 Å². The van der Waals surface area contributed by atoms with Gasteiger partial charge in [-0.3, -0.25) is 4.79 Å². The van der Waals surface area contributed by atoms with Crippen molar-refractivity contribution in [3.05, 3.63) is 30.3 Å². The lowest BCUT2D eigenvalue weighted by Gasteiger charge is -2.13. The Hall–Kier alpha value is -2.57. The van der Waals surface area contributed by atoms with Gasteiger partial charge in [0.2, 0.25) is 0 Å². The van der Waals surface area contributed by atoms with Gasteiger partial charge in [0.15, 0.2) is 0 Å². The highest BCUT2D eigenvalue weighted by Gasteiger charge is 2.22. The van der Waals surface area contributed by atoms with Gasteiger partial charge < -0.3 is 19.9 Å². The Morgan fingerprint density at radius 2 is 1.90 bits per heavy atom. The molecule has 0 saturated carbocycles. The van der Waals surface area contributed by atoms with E-state index >= 15 is 0 Å². The Morgan fingerprint density at radius 3 is 2.45 bits per heavy atom. The summed E-state index contributed by atoms with van der Waals surface area (Å²) in [6.45, 7) is 0. The first-order valence-electron chi connectivity index (χ1n) is 5.86. The molecule has 0 fully saturated rings. The average Bonchev–Trinajstić information content (AvgIpc) is 2.43. The number of ether oxygens (including phenoxy) is 2. The maximum absolute atomic E-state index is 11.5. The Balaban J connectivity index is 2.50. The zero-order chi connectivity index (χ0) is 15.0. The molecule has 20 heavy (non-hydrogen) atoms. The smallest absolute Gasteiger partial charge is 0.413 e. The number of para-hydroxylation sites is 1. The van der Waals surface area contributed by atoms with Gasteiger partial charge in [0.05, 0.1) is 7.11 Å². The van der Waals surface area contributed by atoms with Crippen molar-refractivity contribution in [3.63, 3.8) is 0 Å². The number of carboxylic acids is 1. The first-order chi connectivity index (χ1) is 9.52. The molecule has 7 heteroatoms. The molecular formula is C13H15NO6. The monoisotopic (exact) mass is 281 g/mol. The highest BCUT2D eigenvalue weighted by molar-refractivity contribution is 5.81. The molecule has 1 aromatic rings. The number of nitrogens with one attached hydrogen (secondary N) is 1. The normalized spacial score (nSPS) is 11.2. The van der Waals surface area contributed by atoms with Crippen LogP contribution in [0.5, 0.6) is 5.75 Å². The van der Waals surface area contributed by atoms with Crippen LogP contribution in [-0.2, 0) is 14.3 Å². The Bertz CT molecular complexity index is 473. The summed E-state index contributed by atoms with van der Waals surface area (Å²) in [5.74, 6) is -1.50. The molecule has 0 aliphatic carbocycles. The lowest BCUT2D eigenvalue weighted by atomic mass is 10.1. The van der Waals surface area contributed by atoms with Crippen molar-refractivity contribution >= 4 is 18.0 Å². The van der Waals surface area contributed by atoms with Crippen molar-refractivity contribution < 1.29 is 29.0 Å². The average molecular weight is 281 g/mol. The summed E-state index contributed by atoms with van der Waals surface area (Å²) in [5, 5.41) is 11.1. The molecule has 1 atom stereocenters. The number of hydrogen-bond donors (Lipinski definition) is 2. The van der Waals surface area contributed by atoms with Gasteiger partial charge in [-0.1, -0.05) is 18.2 Å². The Morgan fingerprint density at radius 1 is 1.25 bits per heavy atom. The van der Waals surface area contributed by atoms with Crippen molar-refractivity contribution in [1.82, 2.24) is 5.32 Å². The highest BCUT2D eigenvalue weighted by atomic mass is 16.6. The molecule has 108 valence electrons. The van der Waals surface area contributed by atoms with Gasteiger partial charge in [-0.25, -0.2) is 9.59 Å². The molecule has 0 heterocycles. The number of hydrogen-bond acceptors (Lipinski definition) is 5. The van der Waals surface area contributed by atoms with Crippen molar-refractivity contribution in [2.75, 3.05) is 7.11 Å². The molecule has 0 saturated heterocycles. The maximum Gasteiger partial charge on any atom is 0.413 e. The third-order valence-corrected chi connectivity index (χ3v) is 2.41. The Labute approximate surface area is 115 Å². The van der Waals surface area contributed by atoms with Crippen molar-refractivity contribution in [2.45, 2.75) is 18.9 Å². The molecule has 2 N–H and O–H groups in total. The van der Waals surface area contributed by atoms with Crippen LogP contribution in [0.25, 0.3) is 0 Å². The van der Waals surface area contributed by atoms with Crippen LogP contribution in [-0.4, -0.2) is 36.3 Å². The topological polar surface area (TPSA) is 102 Å². The lowest BCUT2D eigenvalue weighted by Crippen LogP contribution is -2.42. The highest BCUT2D eigenvalue weighted by Crippen LogP contribution is 2.09. The third-order valence-electron chi connectivity index (χ3n) is 2.41. The van der Waals surface area contributed by atoms with E-state index in [4.69, 9.17) is 9.84 Å². The van der Waals surface area contributed by atoms with E-state index < -0.39 is 24.1 Å². The molecule has 0 radical (unpaired) electrons. The Kier molecular flexibility index (Phi) is 6.02. The van der Waals surface area contributed by atoms with Crippen LogP contribution >= 0.6 is 0 Å². The van der Waals surface area contributed by atoms with Crippen LogP contribution in [0.1, 0.15) is 12.8 Å². The fraction of sp³-hybridized carbons (Fsp3) is 0.308. The second-order valence-corrected chi connectivity index (χ2v) is 3.85. The van der Waals surface area contributed by atoms with Crippen LogP contribution < -0.4 is 10.1 Å². The minimum atomic E-state index is -1.25. The minimum Gasteiger partial charge on any atom is -0.480 e. The molecule has 0 aromatic heterocycles. The van der Waals surface area contributed by atoms with Gasteiger partial charge in [-0.15, -0.1) is 0 Å². The van der Waals surface area contributed by atoms with Gasteiger partial charge in [0.25, 0.3) is 0 Å². The van der Waals surface area contributed by atoms with E-state index in [1.807, 2.05) is 0 Å². The van der Waals surface area contributed by atoms with Crippen molar-refractivity contribution in [3.8, 4) is 5.75 Å². The first-order valence-corrected chi connectivity index (χ1v) is 5.86. The van der Waals surface area contributed by atoms with Gasteiger partial charge in [0.1, 0.15) is 11.8 Å². The second-order valence-electron chi connectivity index (χ2n) is 3.85. The van der Waals surface area contributed by atoms with E-state index in [0.717, 1.165) is 0 Å². The number of esters is 1. The van der Waals surface area contributed by atoms with Gasteiger partial charge in [0, 0.05) is 6.42 Å². The zero-order valence-electron chi connectivity index (χ0n) is 10.9. The number of aliphatic carboxylic acids is 1. The molecule has 7 nitrogen and oxygen atoms in total. The summed E-state index contributed by atoms with van der Waals surface area (Å²) in [6, 6.07) is 7.00. The SMILES string of the molecule is COC(=O)CC[C@@H](NC(=O)Oc1ccccc1)C(=O)O. The van der Waals surface area contributed by atoms with Crippen LogP contribution in [0.4, 0.5) is 4.79 Å². The molecule has 1 amide bonds. The molecule has 0 bridgehead atoms.